The fourth-order valence-corrected chi connectivity index (χ4v) is 1.23. The average molecular weight is 248 g/mol. The number of ether oxygens (including phenoxy) is 1. The Labute approximate surface area is 98.6 Å². The highest BCUT2D eigenvalue weighted by atomic mass is 17.2. The van der Waals surface area contributed by atoms with Crippen molar-refractivity contribution in [1.82, 2.24) is 0 Å². The number of esters is 1. The first kappa shape index (κ1) is 15.4. The smallest absolute Gasteiger partial charge is 0.401 e. The van der Waals surface area contributed by atoms with Gasteiger partial charge in [0.15, 0.2) is 0 Å². The van der Waals surface area contributed by atoms with Gasteiger partial charge in [0.05, 0.1) is 0 Å². The van der Waals surface area contributed by atoms with Gasteiger partial charge in [-0.3, -0.25) is 4.79 Å². The molecule has 0 spiro atoms. The molecule has 0 saturated heterocycles. The number of carbonyl (C=O) groups excluding carboxylic acids is 3. The minimum absolute atomic E-state index is 0.0235. The molecule has 0 aliphatic rings. The molecule has 0 heterocycles. The third-order valence-electron chi connectivity index (χ3n) is 2.11. The minimum Gasteiger partial charge on any atom is -0.444 e. The lowest BCUT2D eigenvalue weighted by Gasteiger charge is -2.30. The average Bonchev–Trinajstić information content (AvgIpc) is 2.21. The lowest BCUT2D eigenvalue weighted by Crippen LogP contribution is -2.52. The number of hydrogen-bond donors (Lipinski definition) is 1. The predicted octanol–water partition coefficient (Wildman–Crippen LogP) is 0.100. The molecule has 7 nitrogen and oxygen atoms in total. The van der Waals surface area contributed by atoms with E-state index in [-0.39, 0.29) is 6.42 Å². The maximum Gasteiger partial charge on any atom is 0.401 e. The second-order valence-electron chi connectivity index (χ2n) is 3.46. The van der Waals surface area contributed by atoms with Crippen LogP contribution in [0.3, 0.4) is 0 Å². The summed E-state index contributed by atoms with van der Waals surface area (Å²) in [5.74, 6) is -2.73. The second kappa shape index (κ2) is 6.19. The summed E-state index contributed by atoms with van der Waals surface area (Å²) >= 11 is 0. The van der Waals surface area contributed by atoms with Crippen molar-refractivity contribution in [3.63, 3.8) is 0 Å². The third-order valence-corrected chi connectivity index (χ3v) is 2.11. The van der Waals surface area contributed by atoms with Crippen molar-refractivity contribution >= 4 is 17.9 Å². The number of aliphatic hydroxyl groups excluding tert-OH is 1. The van der Waals surface area contributed by atoms with Crippen LogP contribution >= 0.6 is 0 Å². The van der Waals surface area contributed by atoms with Gasteiger partial charge in [-0.15, -0.1) is 0 Å². The van der Waals surface area contributed by atoms with E-state index < -0.39 is 29.6 Å². The van der Waals surface area contributed by atoms with Crippen molar-refractivity contribution in [2.75, 3.05) is 0 Å². The summed E-state index contributed by atoms with van der Waals surface area (Å²) in [6.07, 6.45) is -1.33. The summed E-state index contributed by atoms with van der Waals surface area (Å²) in [5.41, 5.74) is -1.87. The number of hydrogen-bond acceptors (Lipinski definition) is 7. The van der Waals surface area contributed by atoms with Crippen LogP contribution in [0.5, 0.6) is 0 Å². The van der Waals surface area contributed by atoms with Crippen molar-refractivity contribution in [1.29, 1.82) is 0 Å². The van der Waals surface area contributed by atoms with Crippen molar-refractivity contribution < 1.29 is 34.0 Å². The first-order valence-corrected chi connectivity index (χ1v) is 5.03. The molecule has 0 aliphatic heterocycles. The molecule has 98 valence electrons. The van der Waals surface area contributed by atoms with Gasteiger partial charge in [-0.05, 0) is 13.3 Å². The molecule has 7 heteroatoms. The molecule has 0 amide bonds. The lowest BCUT2D eigenvalue weighted by molar-refractivity contribution is -0.275. The Bertz CT molecular complexity index is 310. The zero-order valence-corrected chi connectivity index (χ0v) is 10.2. The third kappa shape index (κ3) is 4.03. The van der Waals surface area contributed by atoms with Gasteiger partial charge >= 0.3 is 17.9 Å². The van der Waals surface area contributed by atoms with Gasteiger partial charge in [0.25, 0.3) is 0 Å². The van der Waals surface area contributed by atoms with E-state index in [2.05, 4.69) is 9.78 Å². The number of aliphatic hydroxyl groups is 1. The zero-order chi connectivity index (χ0) is 13.6. The first-order chi connectivity index (χ1) is 7.76. The molecule has 2 unspecified atom stereocenters. The Morgan fingerprint density at radius 1 is 1.18 bits per heavy atom. The Hall–Kier alpha value is -1.63. The van der Waals surface area contributed by atoms with E-state index in [9.17, 15) is 19.5 Å². The van der Waals surface area contributed by atoms with E-state index in [4.69, 9.17) is 4.74 Å². The maximum absolute atomic E-state index is 11.6. The van der Waals surface area contributed by atoms with Gasteiger partial charge in [0.1, 0.15) is 6.10 Å². The molecule has 0 radical (unpaired) electrons. The molecule has 1 N–H and O–H groups in total. The van der Waals surface area contributed by atoms with Crippen molar-refractivity contribution in [3.05, 3.63) is 0 Å². The van der Waals surface area contributed by atoms with E-state index in [1.165, 1.54) is 13.8 Å². The molecule has 0 saturated carbocycles. The van der Waals surface area contributed by atoms with Crippen molar-refractivity contribution in [2.24, 2.45) is 0 Å². The fourth-order valence-electron chi connectivity index (χ4n) is 1.23. The van der Waals surface area contributed by atoms with Crippen molar-refractivity contribution in [3.8, 4) is 0 Å². The van der Waals surface area contributed by atoms with Gasteiger partial charge in [0.2, 0.25) is 5.60 Å². The summed E-state index contributed by atoms with van der Waals surface area (Å²) in [6.45, 7) is 4.91. The Balaban J connectivity index is 4.95. The summed E-state index contributed by atoms with van der Waals surface area (Å²) in [7, 11) is 0. The molecular formula is C10H16O7. The first-order valence-electron chi connectivity index (χ1n) is 5.03. The van der Waals surface area contributed by atoms with Gasteiger partial charge in [-0.25, -0.2) is 19.4 Å². The van der Waals surface area contributed by atoms with Crippen LogP contribution in [0.1, 0.15) is 34.1 Å². The van der Waals surface area contributed by atoms with Gasteiger partial charge < -0.3 is 9.84 Å². The van der Waals surface area contributed by atoms with Crippen LogP contribution in [0.15, 0.2) is 0 Å². The van der Waals surface area contributed by atoms with E-state index in [0.717, 1.165) is 13.8 Å². The molecular weight excluding hydrogens is 232 g/mol. The van der Waals surface area contributed by atoms with E-state index in [1.807, 2.05) is 0 Å². The Morgan fingerprint density at radius 2 is 1.71 bits per heavy atom. The Kier molecular flexibility index (Phi) is 5.60. The van der Waals surface area contributed by atoms with Crippen LogP contribution in [0.25, 0.3) is 0 Å². The SMILES string of the molecule is CCC(OC(C)=O)(C(=O)OOC(C)=O)C(C)O. The highest BCUT2D eigenvalue weighted by Gasteiger charge is 2.48. The molecule has 17 heavy (non-hydrogen) atoms. The van der Waals surface area contributed by atoms with Crippen LogP contribution in [-0.2, 0) is 28.9 Å². The van der Waals surface area contributed by atoms with Gasteiger partial charge in [-0.2, -0.15) is 0 Å². The van der Waals surface area contributed by atoms with Crippen LogP contribution in [0.4, 0.5) is 0 Å². The summed E-state index contributed by atoms with van der Waals surface area (Å²) < 4.78 is 4.79. The monoisotopic (exact) mass is 248 g/mol. The van der Waals surface area contributed by atoms with E-state index >= 15 is 0 Å². The highest BCUT2D eigenvalue weighted by molar-refractivity contribution is 5.83. The molecule has 0 aromatic carbocycles. The van der Waals surface area contributed by atoms with E-state index in [0.29, 0.717) is 0 Å². The van der Waals surface area contributed by atoms with Crippen LogP contribution < -0.4 is 0 Å². The maximum atomic E-state index is 11.6. The van der Waals surface area contributed by atoms with Crippen LogP contribution in [0.2, 0.25) is 0 Å². The van der Waals surface area contributed by atoms with Crippen LogP contribution in [-0.4, -0.2) is 34.7 Å². The molecule has 0 bridgehead atoms. The normalized spacial score (nSPS) is 15.4. The molecule has 2 atom stereocenters. The summed E-state index contributed by atoms with van der Waals surface area (Å²) in [5, 5.41) is 9.53. The number of carbonyl (C=O) groups is 3. The predicted molar refractivity (Wildman–Crippen MR) is 54.3 cm³/mol. The molecule has 0 rings (SSSR count). The van der Waals surface area contributed by atoms with Gasteiger partial charge in [0, 0.05) is 13.8 Å². The van der Waals surface area contributed by atoms with E-state index in [1.54, 1.807) is 0 Å². The second-order valence-corrected chi connectivity index (χ2v) is 3.46. The summed E-state index contributed by atoms with van der Waals surface area (Å²) in [6, 6.07) is 0. The molecule has 0 aromatic rings. The summed E-state index contributed by atoms with van der Waals surface area (Å²) in [4.78, 5) is 41.3. The van der Waals surface area contributed by atoms with Crippen LogP contribution in [0, 0.1) is 0 Å². The number of rotatable bonds is 4. The quantitative estimate of drug-likeness (QED) is 0.428. The molecule has 0 aromatic heterocycles. The highest BCUT2D eigenvalue weighted by Crippen LogP contribution is 2.23. The fraction of sp³-hybridized carbons (Fsp3) is 0.700. The topological polar surface area (TPSA) is 99.1 Å². The molecule has 0 fully saturated rings. The standard InChI is InChI=1S/C10H16O7/c1-5-10(6(2)11,15-7(3)12)9(14)17-16-8(4)13/h6,11H,5H2,1-4H3. The van der Waals surface area contributed by atoms with Gasteiger partial charge in [-0.1, -0.05) is 6.92 Å². The largest absolute Gasteiger partial charge is 0.444 e. The molecule has 0 aliphatic carbocycles. The van der Waals surface area contributed by atoms with Crippen molar-refractivity contribution in [2.45, 2.75) is 45.8 Å². The lowest BCUT2D eigenvalue weighted by atomic mass is 9.94. The minimum atomic E-state index is -1.87. The zero-order valence-electron chi connectivity index (χ0n) is 10.2. The Morgan fingerprint density at radius 3 is 2.00 bits per heavy atom.